The van der Waals surface area contributed by atoms with Crippen molar-refractivity contribution in [3.8, 4) is 5.75 Å². The first-order valence-corrected chi connectivity index (χ1v) is 12.3. The zero-order chi connectivity index (χ0) is 26.3. The van der Waals surface area contributed by atoms with Gasteiger partial charge in [0.05, 0.1) is 16.8 Å². The topological polar surface area (TPSA) is 58.6 Å². The highest BCUT2D eigenvalue weighted by atomic mass is 19.4. The fourth-order valence-electron chi connectivity index (χ4n) is 4.41. The number of likely N-dealkylation sites (tertiary alicyclic amines) is 1. The van der Waals surface area contributed by atoms with E-state index in [-0.39, 0.29) is 23.2 Å². The van der Waals surface area contributed by atoms with Crippen molar-refractivity contribution in [2.24, 2.45) is 0 Å². The molecule has 0 atom stereocenters. The number of ether oxygens (including phenoxy) is 1. The van der Waals surface area contributed by atoms with Crippen LogP contribution in [0.1, 0.15) is 51.1 Å². The standard InChI is InChI=1S/C29H29F3N2O3/c30-29(31,32)22-10-8-9-21(19-22)20-26(35)23-11-2-4-13-25(23)33-28(36)24-12-3-5-14-27(24)37-18-17-34-15-6-1-7-16-34/h2-5,8-14,19H,1,6-7,15-18,20H2,(H,33,36). The first kappa shape index (κ1) is 26.4. The third-order valence-corrected chi connectivity index (χ3v) is 6.34. The van der Waals surface area contributed by atoms with Crippen molar-refractivity contribution in [3.05, 3.63) is 95.1 Å². The van der Waals surface area contributed by atoms with Crippen molar-refractivity contribution < 1.29 is 27.5 Å². The molecule has 1 fully saturated rings. The van der Waals surface area contributed by atoms with Crippen molar-refractivity contribution in [1.29, 1.82) is 0 Å². The molecular formula is C29H29F3N2O3. The molecule has 0 spiro atoms. The fraction of sp³-hybridized carbons (Fsp3) is 0.310. The molecule has 5 nitrogen and oxygen atoms in total. The van der Waals surface area contributed by atoms with Gasteiger partial charge in [-0.15, -0.1) is 0 Å². The van der Waals surface area contributed by atoms with Gasteiger partial charge in [0, 0.05) is 18.5 Å². The third-order valence-electron chi connectivity index (χ3n) is 6.34. The number of hydrogen-bond donors (Lipinski definition) is 1. The Labute approximate surface area is 214 Å². The van der Waals surface area contributed by atoms with Crippen molar-refractivity contribution in [2.75, 3.05) is 31.6 Å². The molecule has 8 heteroatoms. The number of nitrogens with one attached hydrogen (secondary N) is 1. The molecule has 1 aliphatic rings. The molecule has 4 rings (SSSR count). The van der Waals surface area contributed by atoms with Crippen LogP contribution in [-0.2, 0) is 12.6 Å². The van der Waals surface area contributed by atoms with Crippen LogP contribution in [0.4, 0.5) is 18.9 Å². The van der Waals surface area contributed by atoms with Crippen molar-refractivity contribution in [2.45, 2.75) is 31.9 Å². The summed E-state index contributed by atoms with van der Waals surface area (Å²) < 4.78 is 45.1. The summed E-state index contributed by atoms with van der Waals surface area (Å²) >= 11 is 0. The minimum absolute atomic E-state index is 0.219. The van der Waals surface area contributed by atoms with E-state index in [0.29, 0.717) is 17.9 Å². The third kappa shape index (κ3) is 7.20. The molecule has 194 valence electrons. The zero-order valence-electron chi connectivity index (χ0n) is 20.4. The van der Waals surface area contributed by atoms with Crippen LogP contribution in [0.2, 0.25) is 0 Å². The van der Waals surface area contributed by atoms with Crippen LogP contribution in [0, 0.1) is 0 Å². The number of rotatable bonds is 9. The Morgan fingerprint density at radius 2 is 1.57 bits per heavy atom. The lowest BCUT2D eigenvalue weighted by Crippen LogP contribution is -2.33. The van der Waals surface area contributed by atoms with Gasteiger partial charge in [-0.25, -0.2) is 0 Å². The largest absolute Gasteiger partial charge is 0.491 e. The Bertz CT molecular complexity index is 1240. The molecular weight excluding hydrogens is 481 g/mol. The minimum atomic E-state index is -4.49. The Morgan fingerprint density at radius 3 is 2.32 bits per heavy atom. The highest BCUT2D eigenvalue weighted by Crippen LogP contribution is 2.30. The second kappa shape index (κ2) is 12.1. The summed E-state index contributed by atoms with van der Waals surface area (Å²) in [6, 6.07) is 18.1. The number of benzene rings is 3. The highest BCUT2D eigenvalue weighted by molar-refractivity contribution is 6.10. The number of piperidine rings is 1. The molecule has 1 saturated heterocycles. The maximum Gasteiger partial charge on any atom is 0.416 e. The molecule has 0 aliphatic carbocycles. The van der Waals surface area contributed by atoms with E-state index < -0.39 is 23.4 Å². The number of Topliss-reactive ketones (excluding diaryl/α,β-unsaturated/α-hetero) is 1. The maximum atomic E-state index is 13.2. The van der Waals surface area contributed by atoms with E-state index in [1.165, 1.54) is 31.4 Å². The molecule has 1 heterocycles. The number of carbonyl (C=O) groups excluding carboxylic acids is 2. The molecule has 37 heavy (non-hydrogen) atoms. The molecule has 1 N–H and O–H groups in total. The van der Waals surface area contributed by atoms with Gasteiger partial charge in [-0.05, 0) is 61.8 Å². The van der Waals surface area contributed by atoms with Gasteiger partial charge in [0.25, 0.3) is 5.91 Å². The SMILES string of the molecule is O=C(Cc1cccc(C(F)(F)F)c1)c1ccccc1NC(=O)c1ccccc1OCCN1CCCCC1. The van der Waals surface area contributed by atoms with Crippen molar-refractivity contribution in [1.82, 2.24) is 4.90 Å². The van der Waals surface area contributed by atoms with Crippen LogP contribution in [0.25, 0.3) is 0 Å². The average molecular weight is 511 g/mol. The van der Waals surface area contributed by atoms with Crippen LogP contribution in [-0.4, -0.2) is 42.8 Å². The molecule has 0 aromatic heterocycles. The van der Waals surface area contributed by atoms with Crippen molar-refractivity contribution in [3.63, 3.8) is 0 Å². The Morgan fingerprint density at radius 1 is 0.865 bits per heavy atom. The van der Waals surface area contributed by atoms with Crippen LogP contribution >= 0.6 is 0 Å². The smallest absolute Gasteiger partial charge is 0.416 e. The monoisotopic (exact) mass is 510 g/mol. The predicted octanol–water partition coefficient (Wildman–Crippen LogP) is 6.25. The number of anilines is 1. The lowest BCUT2D eigenvalue weighted by Gasteiger charge is -2.26. The predicted molar refractivity (Wildman–Crippen MR) is 136 cm³/mol. The summed E-state index contributed by atoms with van der Waals surface area (Å²) in [5, 5.41) is 2.78. The molecule has 1 aliphatic heterocycles. The molecule has 1 amide bonds. The van der Waals surface area contributed by atoms with Gasteiger partial charge in [0.1, 0.15) is 12.4 Å². The number of carbonyl (C=O) groups is 2. The second-order valence-corrected chi connectivity index (χ2v) is 9.04. The molecule has 3 aromatic carbocycles. The summed E-state index contributed by atoms with van der Waals surface area (Å²) in [6.45, 7) is 3.34. The maximum absolute atomic E-state index is 13.2. The Kier molecular flexibility index (Phi) is 8.61. The van der Waals surface area contributed by atoms with Crippen LogP contribution in [0.15, 0.2) is 72.8 Å². The first-order chi connectivity index (χ1) is 17.8. The van der Waals surface area contributed by atoms with E-state index in [4.69, 9.17) is 4.74 Å². The van der Waals surface area contributed by atoms with Gasteiger partial charge in [-0.3, -0.25) is 14.5 Å². The van der Waals surface area contributed by atoms with Gasteiger partial charge < -0.3 is 10.1 Å². The van der Waals surface area contributed by atoms with Gasteiger partial charge in [0.2, 0.25) is 0 Å². The average Bonchev–Trinajstić information content (AvgIpc) is 2.89. The summed E-state index contributed by atoms with van der Waals surface area (Å²) in [6.07, 6.45) is -1.10. The second-order valence-electron chi connectivity index (χ2n) is 9.04. The Hall–Kier alpha value is -3.65. The van der Waals surface area contributed by atoms with Gasteiger partial charge in [-0.2, -0.15) is 13.2 Å². The van der Waals surface area contributed by atoms with Crippen LogP contribution in [0.5, 0.6) is 5.75 Å². The zero-order valence-corrected chi connectivity index (χ0v) is 20.4. The normalized spacial score (nSPS) is 14.2. The minimum Gasteiger partial charge on any atom is -0.491 e. The van der Waals surface area contributed by atoms with E-state index in [1.807, 2.05) is 0 Å². The van der Waals surface area contributed by atoms with E-state index >= 15 is 0 Å². The van der Waals surface area contributed by atoms with E-state index in [0.717, 1.165) is 31.8 Å². The summed E-state index contributed by atoms with van der Waals surface area (Å²) in [5.74, 6) is -0.390. The fourth-order valence-corrected chi connectivity index (χ4v) is 4.41. The summed E-state index contributed by atoms with van der Waals surface area (Å²) in [7, 11) is 0. The summed E-state index contributed by atoms with van der Waals surface area (Å²) in [4.78, 5) is 28.5. The molecule has 0 bridgehead atoms. The molecule has 0 saturated carbocycles. The van der Waals surface area contributed by atoms with Gasteiger partial charge in [0.15, 0.2) is 5.78 Å². The first-order valence-electron chi connectivity index (χ1n) is 12.3. The lowest BCUT2D eigenvalue weighted by atomic mass is 10.00. The van der Waals surface area contributed by atoms with Crippen LogP contribution in [0.3, 0.4) is 0 Å². The van der Waals surface area contributed by atoms with Gasteiger partial charge >= 0.3 is 6.18 Å². The van der Waals surface area contributed by atoms with E-state index in [9.17, 15) is 22.8 Å². The Balaban J connectivity index is 1.44. The van der Waals surface area contributed by atoms with E-state index in [1.54, 1.807) is 48.5 Å². The number of hydrogen-bond acceptors (Lipinski definition) is 4. The number of para-hydroxylation sites is 2. The summed E-state index contributed by atoms with van der Waals surface area (Å²) in [5.41, 5.74) is 0.273. The number of alkyl halides is 3. The quantitative estimate of drug-likeness (QED) is 0.346. The van der Waals surface area contributed by atoms with E-state index in [2.05, 4.69) is 10.2 Å². The van der Waals surface area contributed by atoms with Crippen molar-refractivity contribution >= 4 is 17.4 Å². The van der Waals surface area contributed by atoms with Gasteiger partial charge in [-0.1, -0.05) is 48.9 Å². The number of amides is 1. The van der Waals surface area contributed by atoms with Crippen LogP contribution < -0.4 is 10.1 Å². The number of nitrogens with zero attached hydrogens (tertiary/aromatic N) is 1. The molecule has 3 aromatic rings. The highest BCUT2D eigenvalue weighted by Gasteiger charge is 2.30. The molecule has 0 unspecified atom stereocenters. The number of halogens is 3. The number of ketones is 1. The lowest BCUT2D eigenvalue weighted by molar-refractivity contribution is -0.137. The molecule has 0 radical (unpaired) electrons.